The van der Waals surface area contributed by atoms with Gasteiger partial charge in [-0.1, -0.05) is 0 Å². The predicted octanol–water partition coefficient (Wildman–Crippen LogP) is 2.13. The summed E-state index contributed by atoms with van der Waals surface area (Å²) in [7, 11) is 5.19. The molecule has 0 spiro atoms. The summed E-state index contributed by atoms with van der Waals surface area (Å²) in [6.45, 7) is 0.294. The Labute approximate surface area is 112 Å². The summed E-state index contributed by atoms with van der Waals surface area (Å²) < 4.78 is 10.3. The molecule has 0 aliphatic carbocycles. The van der Waals surface area contributed by atoms with E-state index in [0.29, 0.717) is 23.8 Å². The number of Topliss-reactive ketones (excluding diaryl/α,β-unsaturated/α-hetero) is 1. The molecule has 0 N–H and O–H groups in total. The highest BCUT2D eigenvalue weighted by atomic mass is 32.1. The van der Waals surface area contributed by atoms with Crippen LogP contribution >= 0.6 is 12.2 Å². The minimum absolute atomic E-state index is 0.0270. The summed E-state index contributed by atoms with van der Waals surface area (Å²) in [5.74, 6) is 0.760. The van der Waals surface area contributed by atoms with Crippen LogP contribution in [-0.2, 0) is 4.74 Å². The van der Waals surface area contributed by atoms with Gasteiger partial charge in [-0.25, -0.2) is 0 Å². The molecule has 0 saturated carbocycles. The van der Waals surface area contributed by atoms with Crippen molar-refractivity contribution in [2.24, 2.45) is 0 Å². The number of thiocarbonyl (C=S) groups is 1. The Morgan fingerprint density at radius 1 is 1.28 bits per heavy atom. The van der Waals surface area contributed by atoms with Gasteiger partial charge in [0.25, 0.3) is 5.17 Å². The van der Waals surface area contributed by atoms with Gasteiger partial charge in [0.1, 0.15) is 5.75 Å². The van der Waals surface area contributed by atoms with Gasteiger partial charge < -0.3 is 14.4 Å². The van der Waals surface area contributed by atoms with Gasteiger partial charge >= 0.3 is 0 Å². The third kappa shape index (κ3) is 4.33. The molecule has 0 aliphatic heterocycles. The van der Waals surface area contributed by atoms with Crippen molar-refractivity contribution in [2.75, 3.05) is 27.8 Å². The van der Waals surface area contributed by atoms with Crippen molar-refractivity contribution in [3.8, 4) is 5.75 Å². The topological polar surface area (TPSA) is 38.8 Å². The van der Waals surface area contributed by atoms with E-state index in [9.17, 15) is 4.79 Å². The zero-order chi connectivity index (χ0) is 13.5. The molecule has 98 valence electrons. The molecule has 1 rings (SSSR count). The van der Waals surface area contributed by atoms with Crippen LogP contribution in [0, 0.1) is 0 Å². The molecule has 1 aromatic rings. The molecule has 0 atom stereocenters. The third-order valence-corrected chi connectivity index (χ3v) is 2.81. The van der Waals surface area contributed by atoms with Crippen LogP contribution in [0.3, 0.4) is 0 Å². The first-order valence-electron chi connectivity index (χ1n) is 5.56. The number of ether oxygens (including phenoxy) is 2. The van der Waals surface area contributed by atoms with Crippen LogP contribution in [0.5, 0.6) is 5.75 Å². The van der Waals surface area contributed by atoms with Crippen molar-refractivity contribution >= 4 is 23.2 Å². The summed E-state index contributed by atoms with van der Waals surface area (Å²) in [5.41, 5.74) is 0.648. The lowest BCUT2D eigenvalue weighted by molar-refractivity contribution is 0.0956. The molecule has 0 aliphatic rings. The summed E-state index contributed by atoms with van der Waals surface area (Å²) in [4.78, 5) is 13.5. The predicted molar refractivity (Wildman–Crippen MR) is 74.2 cm³/mol. The second-order valence-corrected chi connectivity index (χ2v) is 4.26. The Kier molecular flexibility index (Phi) is 5.58. The average Bonchev–Trinajstić information content (AvgIpc) is 2.38. The molecule has 1 aromatic carbocycles. The Balaban J connectivity index is 2.43. The van der Waals surface area contributed by atoms with Crippen molar-refractivity contribution in [2.45, 2.75) is 6.42 Å². The van der Waals surface area contributed by atoms with Gasteiger partial charge in [-0.05, 0) is 36.5 Å². The number of nitrogens with zero attached hydrogens (tertiary/aromatic N) is 1. The number of carbonyl (C=O) groups excluding carboxylic acids is 1. The van der Waals surface area contributed by atoms with Crippen molar-refractivity contribution in [3.63, 3.8) is 0 Å². The average molecular weight is 267 g/mol. The van der Waals surface area contributed by atoms with Crippen molar-refractivity contribution in [1.29, 1.82) is 0 Å². The third-order valence-electron chi connectivity index (χ3n) is 2.33. The van der Waals surface area contributed by atoms with E-state index in [1.54, 1.807) is 50.4 Å². The van der Waals surface area contributed by atoms with Gasteiger partial charge in [-0.2, -0.15) is 0 Å². The van der Waals surface area contributed by atoms with E-state index in [1.807, 2.05) is 0 Å². The Morgan fingerprint density at radius 3 is 2.39 bits per heavy atom. The SMILES string of the molecule is COc1ccc(C(=O)CCOC(=S)N(C)C)cc1. The first-order valence-corrected chi connectivity index (χ1v) is 5.96. The highest BCUT2D eigenvalue weighted by Gasteiger charge is 2.07. The largest absolute Gasteiger partial charge is 0.497 e. The molecular weight excluding hydrogens is 250 g/mol. The van der Waals surface area contributed by atoms with Crippen LogP contribution < -0.4 is 4.74 Å². The fraction of sp³-hybridized carbons (Fsp3) is 0.385. The van der Waals surface area contributed by atoms with Crippen LogP contribution in [0.2, 0.25) is 0 Å². The minimum atomic E-state index is 0.0270. The lowest BCUT2D eigenvalue weighted by Gasteiger charge is -2.13. The number of methoxy groups -OCH3 is 1. The van der Waals surface area contributed by atoms with Crippen molar-refractivity contribution < 1.29 is 14.3 Å². The van der Waals surface area contributed by atoms with E-state index in [1.165, 1.54) is 0 Å². The van der Waals surface area contributed by atoms with E-state index in [4.69, 9.17) is 21.7 Å². The van der Waals surface area contributed by atoms with E-state index >= 15 is 0 Å². The molecule has 0 heterocycles. The fourth-order valence-electron chi connectivity index (χ4n) is 1.28. The van der Waals surface area contributed by atoms with Crippen LogP contribution in [0.25, 0.3) is 0 Å². The van der Waals surface area contributed by atoms with Gasteiger partial charge in [0.05, 0.1) is 13.7 Å². The maximum Gasteiger partial charge on any atom is 0.258 e. The van der Waals surface area contributed by atoms with Crippen LogP contribution in [0.4, 0.5) is 0 Å². The Morgan fingerprint density at radius 2 is 1.89 bits per heavy atom. The standard InChI is InChI=1S/C13H17NO3S/c1-14(2)13(18)17-9-8-12(15)10-4-6-11(16-3)7-5-10/h4-7H,8-9H2,1-3H3. The molecule has 5 heteroatoms. The van der Waals surface area contributed by atoms with E-state index < -0.39 is 0 Å². The van der Waals surface area contributed by atoms with E-state index in [2.05, 4.69) is 0 Å². The summed E-state index contributed by atoms with van der Waals surface area (Å²) in [6.07, 6.45) is 0.306. The maximum atomic E-state index is 11.8. The molecule has 18 heavy (non-hydrogen) atoms. The number of benzene rings is 1. The van der Waals surface area contributed by atoms with Crippen LogP contribution in [0.1, 0.15) is 16.8 Å². The number of hydrogen-bond donors (Lipinski definition) is 0. The second-order valence-electron chi connectivity index (χ2n) is 3.91. The molecule has 0 bridgehead atoms. The van der Waals surface area contributed by atoms with E-state index in [-0.39, 0.29) is 5.78 Å². The molecule has 0 radical (unpaired) electrons. The summed E-state index contributed by atoms with van der Waals surface area (Å²) >= 11 is 4.96. The number of rotatable bonds is 5. The molecule has 0 saturated heterocycles. The smallest absolute Gasteiger partial charge is 0.258 e. The number of ketones is 1. The zero-order valence-electron chi connectivity index (χ0n) is 10.8. The normalized spacial score (nSPS) is 9.72. The van der Waals surface area contributed by atoms with Gasteiger partial charge in [-0.15, -0.1) is 0 Å². The monoisotopic (exact) mass is 267 g/mol. The van der Waals surface area contributed by atoms with Crippen molar-refractivity contribution in [3.05, 3.63) is 29.8 Å². The molecule has 0 amide bonds. The van der Waals surface area contributed by atoms with Crippen molar-refractivity contribution in [1.82, 2.24) is 4.90 Å². The second kappa shape index (κ2) is 6.96. The Hall–Kier alpha value is -1.62. The highest BCUT2D eigenvalue weighted by Crippen LogP contribution is 2.12. The van der Waals surface area contributed by atoms with Gasteiger partial charge in [-0.3, -0.25) is 4.79 Å². The highest BCUT2D eigenvalue weighted by molar-refractivity contribution is 7.80. The fourth-order valence-corrected chi connectivity index (χ4v) is 1.36. The lowest BCUT2D eigenvalue weighted by atomic mass is 10.1. The first kappa shape index (κ1) is 14.4. The minimum Gasteiger partial charge on any atom is -0.497 e. The van der Waals surface area contributed by atoms with Gasteiger partial charge in [0.2, 0.25) is 0 Å². The lowest BCUT2D eigenvalue weighted by Crippen LogP contribution is -2.23. The van der Waals surface area contributed by atoms with Gasteiger partial charge in [0, 0.05) is 26.1 Å². The van der Waals surface area contributed by atoms with E-state index in [0.717, 1.165) is 5.75 Å². The van der Waals surface area contributed by atoms with Crippen LogP contribution in [0.15, 0.2) is 24.3 Å². The molecular formula is C13H17NO3S. The summed E-state index contributed by atoms with van der Waals surface area (Å²) in [6, 6.07) is 7.01. The van der Waals surface area contributed by atoms with Gasteiger partial charge in [0.15, 0.2) is 5.78 Å². The number of carbonyl (C=O) groups is 1. The first-order chi connectivity index (χ1) is 8.54. The quantitative estimate of drug-likeness (QED) is 0.603. The summed E-state index contributed by atoms with van der Waals surface area (Å²) in [5, 5.41) is 0.387. The number of hydrogen-bond acceptors (Lipinski definition) is 4. The Bertz CT molecular complexity index is 415. The molecule has 0 fully saturated rings. The zero-order valence-corrected chi connectivity index (χ0v) is 11.6. The maximum absolute atomic E-state index is 11.8. The molecule has 0 unspecified atom stereocenters. The molecule has 4 nitrogen and oxygen atoms in total. The molecule has 0 aromatic heterocycles. The van der Waals surface area contributed by atoms with Crippen LogP contribution in [-0.4, -0.2) is 43.7 Å².